The molecule has 1 aromatic heterocycles. The molecule has 14 heavy (non-hydrogen) atoms. The van der Waals surface area contributed by atoms with E-state index >= 15 is 0 Å². The average Bonchev–Trinajstić information content (AvgIpc) is 2.63. The van der Waals surface area contributed by atoms with Crippen LogP contribution in [0.4, 0.5) is 0 Å². The van der Waals surface area contributed by atoms with Gasteiger partial charge in [-0.3, -0.25) is 9.48 Å². The van der Waals surface area contributed by atoms with Gasteiger partial charge >= 0.3 is 0 Å². The Morgan fingerprint density at radius 1 is 1.71 bits per heavy atom. The van der Waals surface area contributed by atoms with Crippen LogP contribution < -0.4 is 11.1 Å². The SMILES string of the molecule is CC(N)CNC(=O)CCn1ccnn1. The van der Waals surface area contributed by atoms with Crippen LogP contribution in [0.15, 0.2) is 12.4 Å². The molecule has 1 amide bonds. The quantitative estimate of drug-likeness (QED) is 0.642. The van der Waals surface area contributed by atoms with Gasteiger partial charge in [0.05, 0.1) is 12.7 Å². The van der Waals surface area contributed by atoms with Gasteiger partial charge in [-0.15, -0.1) is 5.10 Å². The van der Waals surface area contributed by atoms with E-state index in [1.807, 2.05) is 6.92 Å². The van der Waals surface area contributed by atoms with Crippen molar-refractivity contribution in [3.63, 3.8) is 0 Å². The molecular weight excluding hydrogens is 182 g/mol. The van der Waals surface area contributed by atoms with Crippen LogP contribution in [0, 0.1) is 0 Å². The average molecular weight is 197 g/mol. The van der Waals surface area contributed by atoms with E-state index in [4.69, 9.17) is 5.73 Å². The summed E-state index contributed by atoms with van der Waals surface area (Å²) in [5, 5.41) is 10.1. The van der Waals surface area contributed by atoms with E-state index in [9.17, 15) is 4.79 Å². The van der Waals surface area contributed by atoms with Crippen LogP contribution in [0.2, 0.25) is 0 Å². The lowest BCUT2D eigenvalue weighted by atomic mass is 10.3. The van der Waals surface area contributed by atoms with Crippen LogP contribution in [0.25, 0.3) is 0 Å². The van der Waals surface area contributed by atoms with Crippen molar-refractivity contribution in [2.45, 2.75) is 25.9 Å². The second-order valence-electron chi connectivity index (χ2n) is 3.20. The van der Waals surface area contributed by atoms with Crippen LogP contribution >= 0.6 is 0 Å². The Balaban J connectivity index is 2.15. The summed E-state index contributed by atoms with van der Waals surface area (Å²) >= 11 is 0. The van der Waals surface area contributed by atoms with Crippen molar-refractivity contribution in [1.29, 1.82) is 0 Å². The highest BCUT2D eigenvalue weighted by Crippen LogP contribution is 1.87. The van der Waals surface area contributed by atoms with Gasteiger partial charge in [0.25, 0.3) is 0 Å². The number of amides is 1. The van der Waals surface area contributed by atoms with Gasteiger partial charge < -0.3 is 11.1 Å². The summed E-state index contributed by atoms with van der Waals surface area (Å²) in [6, 6.07) is -0.00896. The van der Waals surface area contributed by atoms with E-state index in [0.717, 1.165) is 0 Å². The largest absolute Gasteiger partial charge is 0.355 e. The Morgan fingerprint density at radius 2 is 2.50 bits per heavy atom. The van der Waals surface area contributed by atoms with E-state index in [1.165, 1.54) is 0 Å². The first-order valence-corrected chi connectivity index (χ1v) is 4.55. The lowest BCUT2D eigenvalue weighted by Crippen LogP contribution is -2.35. The van der Waals surface area contributed by atoms with Crippen LogP contribution in [0.1, 0.15) is 13.3 Å². The number of nitrogens with one attached hydrogen (secondary N) is 1. The lowest BCUT2D eigenvalue weighted by Gasteiger charge is -2.07. The number of nitrogens with two attached hydrogens (primary N) is 1. The van der Waals surface area contributed by atoms with Gasteiger partial charge in [-0.25, -0.2) is 0 Å². The molecule has 0 aliphatic heterocycles. The Hall–Kier alpha value is -1.43. The van der Waals surface area contributed by atoms with Crippen molar-refractivity contribution < 1.29 is 4.79 Å². The van der Waals surface area contributed by atoms with Crippen LogP contribution in [-0.2, 0) is 11.3 Å². The Labute approximate surface area is 82.5 Å². The first kappa shape index (κ1) is 10.6. The monoisotopic (exact) mass is 197 g/mol. The molecule has 1 aromatic rings. The minimum Gasteiger partial charge on any atom is -0.355 e. The van der Waals surface area contributed by atoms with E-state index in [1.54, 1.807) is 17.1 Å². The van der Waals surface area contributed by atoms with Crippen molar-refractivity contribution in [2.75, 3.05) is 6.54 Å². The summed E-state index contributed by atoms with van der Waals surface area (Å²) in [5.74, 6) is -0.0159. The van der Waals surface area contributed by atoms with Gasteiger partial charge in [0.1, 0.15) is 0 Å². The number of carbonyl (C=O) groups excluding carboxylic acids is 1. The van der Waals surface area contributed by atoms with Crippen LogP contribution in [0.5, 0.6) is 0 Å². The highest BCUT2D eigenvalue weighted by molar-refractivity contribution is 5.75. The summed E-state index contributed by atoms with van der Waals surface area (Å²) in [4.78, 5) is 11.2. The minimum atomic E-state index is -0.0159. The molecule has 1 unspecified atom stereocenters. The number of carbonyl (C=O) groups is 1. The summed E-state index contributed by atoms with van der Waals surface area (Å²) in [5.41, 5.74) is 5.49. The van der Waals surface area contributed by atoms with E-state index in [-0.39, 0.29) is 11.9 Å². The number of nitrogens with zero attached hydrogens (tertiary/aromatic N) is 3. The molecule has 0 saturated heterocycles. The second kappa shape index (κ2) is 5.33. The van der Waals surface area contributed by atoms with Crippen molar-refractivity contribution in [1.82, 2.24) is 20.3 Å². The third-order valence-electron chi connectivity index (χ3n) is 1.66. The van der Waals surface area contributed by atoms with E-state index < -0.39 is 0 Å². The maximum absolute atomic E-state index is 11.2. The maximum atomic E-state index is 11.2. The fourth-order valence-corrected chi connectivity index (χ4v) is 0.931. The lowest BCUT2D eigenvalue weighted by molar-refractivity contribution is -0.121. The molecule has 6 nitrogen and oxygen atoms in total. The summed E-state index contributed by atoms with van der Waals surface area (Å²) in [6.07, 6.45) is 3.70. The van der Waals surface area contributed by atoms with Gasteiger partial charge in [0.2, 0.25) is 5.91 Å². The Morgan fingerprint density at radius 3 is 3.07 bits per heavy atom. The van der Waals surface area contributed by atoms with Crippen molar-refractivity contribution >= 4 is 5.91 Å². The fourth-order valence-electron chi connectivity index (χ4n) is 0.931. The zero-order valence-electron chi connectivity index (χ0n) is 8.18. The van der Waals surface area contributed by atoms with Gasteiger partial charge in [0, 0.05) is 25.2 Å². The Bertz CT molecular complexity index is 269. The minimum absolute atomic E-state index is 0.00896. The molecule has 0 bridgehead atoms. The molecule has 0 aliphatic rings. The third kappa shape index (κ3) is 3.99. The number of aromatic nitrogens is 3. The summed E-state index contributed by atoms with van der Waals surface area (Å²) in [7, 11) is 0. The number of hydrogen-bond acceptors (Lipinski definition) is 4. The molecule has 78 valence electrons. The normalized spacial score (nSPS) is 12.4. The zero-order valence-corrected chi connectivity index (χ0v) is 8.18. The van der Waals surface area contributed by atoms with E-state index in [2.05, 4.69) is 15.6 Å². The second-order valence-corrected chi connectivity index (χ2v) is 3.20. The molecule has 0 radical (unpaired) electrons. The van der Waals surface area contributed by atoms with Crippen molar-refractivity contribution in [3.8, 4) is 0 Å². The van der Waals surface area contributed by atoms with Crippen LogP contribution in [0.3, 0.4) is 0 Å². The first-order valence-electron chi connectivity index (χ1n) is 4.55. The molecule has 3 N–H and O–H groups in total. The zero-order chi connectivity index (χ0) is 10.4. The molecule has 0 fully saturated rings. The highest BCUT2D eigenvalue weighted by atomic mass is 16.1. The van der Waals surface area contributed by atoms with Crippen molar-refractivity contribution in [3.05, 3.63) is 12.4 Å². The number of hydrogen-bond donors (Lipinski definition) is 2. The molecular formula is C8H15N5O. The highest BCUT2D eigenvalue weighted by Gasteiger charge is 2.02. The Kier molecular flexibility index (Phi) is 4.06. The predicted molar refractivity (Wildman–Crippen MR) is 51.3 cm³/mol. The molecule has 1 atom stereocenters. The number of rotatable bonds is 5. The third-order valence-corrected chi connectivity index (χ3v) is 1.66. The van der Waals surface area contributed by atoms with Gasteiger partial charge in [-0.2, -0.15) is 0 Å². The predicted octanol–water partition coefficient (Wildman–Crippen LogP) is -0.868. The molecule has 1 heterocycles. The molecule has 0 spiro atoms. The molecule has 0 aliphatic carbocycles. The van der Waals surface area contributed by atoms with E-state index in [0.29, 0.717) is 19.5 Å². The fraction of sp³-hybridized carbons (Fsp3) is 0.625. The molecule has 6 heteroatoms. The topological polar surface area (TPSA) is 85.8 Å². The number of aryl methyl sites for hydroxylation is 1. The summed E-state index contributed by atoms with van der Waals surface area (Å²) < 4.78 is 1.62. The molecule has 1 rings (SSSR count). The summed E-state index contributed by atoms with van der Waals surface area (Å²) in [6.45, 7) is 2.90. The first-order chi connectivity index (χ1) is 6.68. The van der Waals surface area contributed by atoms with Gasteiger partial charge in [-0.1, -0.05) is 5.21 Å². The molecule has 0 aromatic carbocycles. The molecule has 0 saturated carbocycles. The van der Waals surface area contributed by atoms with Crippen molar-refractivity contribution in [2.24, 2.45) is 5.73 Å². The standard InChI is InChI=1S/C8H15N5O/c1-7(9)6-10-8(14)2-4-13-5-3-11-12-13/h3,5,7H,2,4,6,9H2,1H3,(H,10,14). The van der Waals surface area contributed by atoms with Gasteiger partial charge in [-0.05, 0) is 6.92 Å². The smallest absolute Gasteiger partial charge is 0.221 e. The maximum Gasteiger partial charge on any atom is 0.221 e. The van der Waals surface area contributed by atoms with Gasteiger partial charge in [0.15, 0.2) is 0 Å². The van der Waals surface area contributed by atoms with Crippen LogP contribution in [-0.4, -0.2) is 33.5 Å².